The number of amides is 1. The number of nitrogens with two attached hydrogens (primary N) is 1. The molecule has 5 N–H and O–H groups in total. The van der Waals surface area contributed by atoms with Crippen molar-refractivity contribution in [2.24, 2.45) is 16.1 Å². The number of aromatic nitrogens is 2. The number of anilines is 1. The number of fused-ring (bicyclic) bond motifs is 1. The van der Waals surface area contributed by atoms with Gasteiger partial charge in [0.1, 0.15) is 40.5 Å². The van der Waals surface area contributed by atoms with Crippen molar-refractivity contribution >= 4 is 28.1 Å². The summed E-state index contributed by atoms with van der Waals surface area (Å²) in [7, 11) is -2.54. The number of carbonyl (C=O) groups excluding carboxylic acids is 1. The molecule has 1 saturated carbocycles. The predicted molar refractivity (Wildman–Crippen MR) is 137 cm³/mol. The van der Waals surface area contributed by atoms with Crippen molar-refractivity contribution < 1.29 is 13.7 Å². The molecule has 3 aliphatic rings. The van der Waals surface area contributed by atoms with Crippen molar-refractivity contribution in [2.45, 2.75) is 62.5 Å². The normalized spacial score (nSPS) is 31.4. The number of rotatable bonds is 3. The SMILES string of the molecule is Cc1cc(C#N)cnc1C(=O)Nc1ccc(F)c([C@@]2(C)N=C(N)C(C)(C)S3(O)NCC4(CC4)C[C@H]23)n1. The molecule has 2 aliphatic heterocycles. The summed E-state index contributed by atoms with van der Waals surface area (Å²) in [6, 6.07) is 6.18. The van der Waals surface area contributed by atoms with Crippen LogP contribution in [0.2, 0.25) is 0 Å². The molecule has 4 heterocycles. The molecule has 11 heteroatoms. The first-order valence-corrected chi connectivity index (χ1v) is 13.5. The zero-order valence-corrected chi connectivity index (χ0v) is 21.5. The Kier molecular flexibility index (Phi) is 5.45. The number of hydrogen-bond acceptors (Lipinski definition) is 8. The Morgan fingerprint density at radius 3 is 2.72 bits per heavy atom. The monoisotopic (exact) mass is 511 g/mol. The van der Waals surface area contributed by atoms with Gasteiger partial charge in [0.25, 0.3) is 5.91 Å². The molecule has 0 aromatic carbocycles. The third kappa shape index (κ3) is 3.58. The molecule has 3 atom stereocenters. The van der Waals surface area contributed by atoms with Crippen LogP contribution in [-0.4, -0.2) is 42.8 Å². The van der Waals surface area contributed by atoms with Gasteiger partial charge in [0, 0.05) is 12.7 Å². The lowest BCUT2D eigenvalue weighted by molar-refractivity contribution is 0.102. The number of hydrogen-bond donors (Lipinski definition) is 4. The van der Waals surface area contributed by atoms with Crippen LogP contribution in [0.4, 0.5) is 10.2 Å². The van der Waals surface area contributed by atoms with Crippen molar-refractivity contribution in [1.82, 2.24) is 14.7 Å². The highest BCUT2D eigenvalue weighted by atomic mass is 32.3. The molecule has 1 unspecified atom stereocenters. The molecular formula is C25H30FN7O2S. The lowest BCUT2D eigenvalue weighted by atomic mass is 9.84. The molecular weight excluding hydrogens is 481 g/mol. The molecule has 1 amide bonds. The van der Waals surface area contributed by atoms with Gasteiger partial charge >= 0.3 is 0 Å². The molecule has 1 aliphatic carbocycles. The van der Waals surface area contributed by atoms with Crippen LogP contribution in [0.3, 0.4) is 0 Å². The molecule has 36 heavy (non-hydrogen) atoms. The fraction of sp³-hybridized carbons (Fsp3) is 0.480. The first-order valence-electron chi connectivity index (χ1n) is 11.8. The topological polar surface area (TPSA) is 149 Å². The van der Waals surface area contributed by atoms with Gasteiger partial charge in [0.15, 0.2) is 0 Å². The van der Waals surface area contributed by atoms with Gasteiger partial charge in [0.2, 0.25) is 0 Å². The van der Waals surface area contributed by atoms with Gasteiger partial charge in [-0.25, -0.2) is 14.4 Å². The maximum atomic E-state index is 15.4. The molecule has 1 saturated heterocycles. The Bertz CT molecular complexity index is 1350. The molecule has 2 fully saturated rings. The minimum absolute atomic E-state index is 0.0266. The van der Waals surface area contributed by atoms with E-state index in [1.165, 1.54) is 18.3 Å². The number of halogens is 1. The van der Waals surface area contributed by atoms with E-state index in [2.05, 4.69) is 20.0 Å². The van der Waals surface area contributed by atoms with Crippen LogP contribution in [-0.2, 0) is 5.54 Å². The van der Waals surface area contributed by atoms with Crippen LogP contribution in [0.5, 0.6) is 0 Å². The van der Waals surface area contributed by atoms with Crippen molar-refractivity contribution in [3.05, 3.63) is 52.7 Å². The minimum atomic E-state index is -2.54. The van der Waals surface area contributed by atoms with Gasteiger partial charge in [-0.1, -0.05) is 10.5 Å². The maximum absolute atomic E-state index is 15.4. The fourth-order valence-corrected chi connectivity index (χ4v) is 8.90. The highest BCUT2D eigenvalue weighted by molar-refractivity contribution is 8.29. The zero-order valence-electron chi connectivity index (χ0n) is 20.7. The molecule has 2 aromatic heterocycles. The third-order valence-corrected chi connectivity index (χ3v) is 11.8. The lowest BCUT2D eigenvalue weighted by Crippen LogP contribution is -2.64. The summed E-state index contributed by atoms with van der Waals surface area (Å²) in [4.78, 5) is 26.3. The predicted octanol–water partition coefficient (Wildman–Crippen LogP) is 3.75. The van der Waals surface area contributed by atoms with Gasteiger partial charge in [-0.2, -0.15) is 5.26 Å². The van der Waals surface area contributed by atoms with Crippen LogP contribution in [0.1, 0.15) is 67.3 Å². The van der Waals surface area contributed by atoms with Crippen molar-refractivity contribution in [3.8, 4) is 6.07 Å². The minimum Gasteiger partial charge on any atom is -0.386 e. The lowest BCUT2D eigenvalue weighted by Gasteiger charge is -2.62. The van der Waals surface area contributed by atoms with E-state index in [1.54, 1.807) is 19.9 Å². The maximum Gasteiger partial charge on any atom is 0.275 e. The molecule has 0 radical (unpaired) electrons. The Hall–Kier alpha value is -3.07. The average Bonchev–Trinajstić information content (AvgIpc) is 3.59. The smallest absolute Gasteiger partial charge is 0.275 e. The number of nitrogens with zero attached hydrogens (tertiary/aromatic N) is 4. The van der Waals surface area contributed by atoms with E-state index < -0.39 is 37.8 Å². The molecule has 5 rings (SSSR count). The Labute approximate surface area is 211 Å². The number of nitriles is 1. The van der Waals surface area contributed by atoms with Crippen molar-refractivity contribution in [2.75, 3.05) is 11.9 Å². The van der Waals surface area contributed by atoms with Crippen LogP contribution in [0, 0.1) is 29.5 Å². The Morgan fingerprint density at radius 2 is 2.08 bits per heavy atom. The van der Waals surface area contributed by atoms with Gasteiger partial charge in [-0.15, -0.1) is 0 Å². The van der Waals surface area contributed by atoms with Crippen LogP contribution in [0.25, 0.3) is 0 Å². The molecule has 0 bridgehead atoms. The quantitative estimate of drug-likeness (QED) is 0.490. The van der Waals surface area contributed by atoms with E-state index in [0.29, 0.717) is 24.1 Å². The summed E-state index contributed by atoms with van der Waals surface area (Å²) in [6.07, 6.45) is 4.10. The fourth-order valence-electron chi connectivity index (χ4n) is 5.31. The summed E-state index contributed by atoms with van der Waals surface area (Å²) in [5, 5.41) is 11.3. The first kappa shape index (κ1) is 24.6. The van der Waals surface area contributed by atoms with E-state index in [9.17, 15) is 9.35 Å². The summed E-state index contributed by atoms with van der Waals surface area (Å²) in [5.74, 6) is -0.744. The molecule has 2 aromatic rings. The molecule has 1 spiro atoms. The highest BCUT2D eigenvalue weighted by Crippen LogP contribution is 2.71. The highest BCUT2D eigenvalue weighted by Gasteiger charge is 2.65. The second-order valence-electron chi connectivity index (χ2n) is 10.8. The van der Waals surface area contributed by atoms with Crippen molar-refractivity contribution in [1.29, 1.82) is 5.26 Å². The summed E-state index contributed by atoms with van der Waals surface area (Å²) in [6.45, 7) is 7.90. The van der Waals surface area contributed by atoms with Gasteiger partial charge in [-0.05, 0) is 76.1 Å². The number of amidine groups is 1. The molecule has 190 valence electrons. The van der Waals surface area contributed by atoms with E-state index in [0.717, 1.165) is 12.8 Å². The number of aliphatic imine (C=N–C) groups is 1. The van der Waals surface area contributed by atoms with E-state index in [4.69, 9.17) is 16.0 Å². The standard InChI is InChI=1S/C25H30FN7O2S/c1-14-9-15(11-27)12-29-19(14)21(34)32-18-6-5-16(26)20(31-18)24(4)17-10-25(7-8-25)13-30-36(17,35)23(2,3)22(28)33-24/h5-6,9,12,17,30,35H,7-8,10,13H2,1-4H3,(H2,28,33)(H,31,32,34)/t17-,24+/m1/s1. The van der Waals surface area contributed by atoms with Gasteiger partial charge in [-0.3, -0.25) is 14.5 Å². The third-order valence-electron chi connectivity index (χ3n) is 8.02. The summed E-state index contributed by atoms with van der Waals surface area (Å²) in [5.41, 5.74) is 6.29. The van der Waals surface area contributed by atoms with E-state index in [-0.39, 0.29) is 28.5 Å². The van der Waals surface area contributed by atoms with Crippen molar-refractivity contribution in [3.63, 3.8) is 0 Å². The second kappa shape index (κ2) is 7.96. The summed E-state index contributed by atoms with van der Waals surface area (Å²) >= 11 is 0. The summed E-state index contributed by atoms with van der Waals surface area (Å²) < 4.78 is 30.1. The number of aryl methyl sites for hydroxylation is 1. The van der Waals surface area contributed by atoms with E-state index >= 15 is 4.39 Å². The largest absolute Gasteiger partial charge is 0.386 e. The number of pyridine rings is 2. The number of nitrogens with one attached hydrogen (secondary N) is 2. The second-order valence-corrected chi connectivity index (χ2v) is 13.9. The average molecular weight is 512 g/mol. The van der Waals surface area contributed by atoms with Crippen LogP contribution < -0.4 is 15.8 Å². The van der Waals surface area contributed by atoms with Gasteiger partial charge in [0.05, 0.1) is 15.6 Å². The van der Waals surface area contributed by atoms with Gasteiger partial charge < -0.3 is 15.6 Å². The van der Waals surface area contributed by atoms with Crippen LogP contribution in [0.15, 0.2) is 29.4 Å². The van der Waals surface area contributed by atoms with E-state index in [1.807, 2.05) is 19.9 Å². The van der Waals surface area contributed by atoms with Crippen LogP contribution >= 0.6 is 10.5 Å². The number of carbonyl (C=O) groups is 1. The first-order chi connectivity index (χ1) is 16.8. The Balaban J connectivity index is 1.55. The Morgan fingerprint density at radius 1 is 1.36 bits per heavy atom. The zero-order chi connectivity index (χ0) is 26.1. The molecule has 9 nitrogen and oxygen atoms in total.